The van der Waals surface area contributed by atoms with Crippen LogP contribution in [0.4, 0.5) is 0 Å². The SMILES string of the molecule is CCOc1ccccc1-c1ccc(-c2nc3ccc(Cl)cc3c(Cl)c2C#N)cc1. The van der Waals surface area contributed by atoms with Crippen LogP contribution in [0.2, 0.25) is 10.0 Å². The molecule has 4 rings (SSSR count). The minimum absolute atomic E-state index is 0.337. The molecule has 0 aliphatic heterocycles. The number of aromatic nitrogens is 1. The lowest BCUT2D eigenvalue weighted by Crippen LogP contribution is -1.95. The molecule has 3 nitrogen and oxygen atoms in total. The molecule has 4 aromatic rings. The van der Waals surface area contributed by atoms with E-state index in [9.17, 15) is 5.26 Å². The third kappa shape index (κ3) is 3.65. The van der Waals surface area contributed by atoms with E-state index >= 15 is 0 Å². The van der Waals surface area contributed by atoms with Gasteiger partial charge in [-0.25, -0.2) is 4.98 Å². The number of para-hydroxylation sites is 1. The Bertz CT molecular complexity index is 1240. The van der Waals surface area contributed by atoms with Crippen LogP contribution < -0.4 is 4.74 Å². The standard InChI is InChI=1S/C24H16Cl2N2O/c1-2-29-22-6-4-3-5-18(22)15-7-9-16(10-8-15)24-20(14-27)23(26)19-13-17(25)11-12-21(19)28-24/h3-13H,2H2,1H3. The predicted molar refractivity (Wildman–Crippen MR) is 119 cm³/mol. The molecular weight excluding hydrogens is 403 g/mol. The van der Waals surface area contributed by atoms with Crippen LogP contribution >= 0.6 is 23.2 Å². The monoisotopic (exact) mass is 418 g/mol. The van der Waals surface area contributed by atoms with E-state index in [0.29, 0.717) is 38.8 Å². The van der Waals surface area contributed by atoms with Crippen molar-refractivity contribution in [2.45, 2.75) is 6.92 Å². The van der Waals surface area contributed by atoms with Crippen LogP contribution in [0.25, 0.3) is 33.3 Å². The van der Waals surface area contributed by atoms with Crippen molar-refractivity contribution in [2.75, 3.05) is 6.61 Å². The number of rotatable bonds is 4. The van der Waals surface area contributed by atoms with E-state index in [-0.39, 0.29) is 0 Å². The Labute approximate surface area is 179 Å². The first-order valence-electron chi connectivity index (χ1n) is 9.14. The molecule has 1 heterocycles. The zero-order valence-corrected chi connectivity index (χ0v) is 17.1. The average molecular weight is 419 g/mol. The van der Waals surface area contributed by atoms with Gasteiger partial charge in [0.15, 0.2) is 0 Å². The summed E-state index contributed by atoms with van der Waals surface area (Å²) >= 11 is 12.6. The zero-order valence-electron chi connectivity index (χ0n) is 15.6. The first-order chi connectivity index (χ1) is 14.1. The third-order valence-electron chi connectivity index (χ3n) is 4.65. The van der Waals surface area contributed by atoms with Crippen LogP contribution in [-0.4, -0.2) is 11.6 Å². The van der Waals surface area contributed by atoms with Gasteiger partial charge in [-0.3, -0.25) is 0 Å². The molecule has 0 amide bonds. The smallest absolute Gasteiger partial charge is 0.127 e. The molecule has 142 valence electrons. The summed E-state index contributed by atoms with van der Waals surface area (Å²) in [4.78, 5) is 4.68. The molecular formula is C24H16Cl2N2O. The first-order valence-corrected chi connectivity index (χ1v) is 9.89. The Morgan fingerprint density at radius 1 is 0.966 bits per heavy atom. The molecule has 0 fully saturated rings. The minimum atomic E-state index is 0.337. The van der Waals surface area contributed by atoms with Crippen LogP contribution in [0.3, 0.4) is 0 Å². The Balaban J connectivity index is 1.82. The number of halogens is 2. The summed E-state index contributed by atoms with van der Waals surface area (Å²) in [6.45, 7) is 2.57. The van der Waals surface area contributed by atoms with Crippen LogP contribution in [0, 0.1) is 11.3 Å². The number of fused-ring (bicyclic) bond motifs is 1. The number of nitrogens with zero attached hydrogens (tertiary/aromatic N) is 2. The van der Waals surface area contributed by atoms with E-state index in [2.05, 4.69) is 11.1 Å². The largest absolute Gasteiger partial charge is 0.493 e. The summed E-state index contributed by atoms with van der Waals surface area (Å²) in [5.41, 5.74) is 4.44. The van der Waals surface area contributed by atoms with Crippen LogP contribution in [-0.2, 0) is 0 Å². The van der Waals surface area contributed by atoms with Gasteiger partial charge in [-0.05, 0) is 36.8 Å². The van der Waals surface area contributed by atoms with Gasteiger partial charge in [-0.2, -0.15) is 5.26 Å². The highest BCUT2D eigenvalue weighted by Crippen LogP contribution is 2.36. The molecule has 1 aromatic heterocycles. The van der Waals surface area contributed by atoms with Crippen molar-refractivity contribution in [3.05, 3.63) is 82.3 Å². The summed E-state index contributed by atoms with van der Waals surface area (Å²) in [5, 5.41) is 11.3. The van der Waals surface area contributed by atoms with E-state index < -0.39 is 0 Å². The van der Waals surface area contributed by atoms with Crippen molar-refractivity contribution in [3.63, 3.8) is 0 Å². The van der Waals surface area contributed by atoms with Crippen molar-refractivity contribution < 1.29 is 4.74 Å². The molecule has 3 aromatic carbocycles. The number of hydrogen-bond acceptors (Lipinski definition) is 3. The highest BCUT2D eigenvalue weighted by Gasteiger charge is 2.16. The molecule has 0 aliphatic carbocycles. The Morgan fingerprint density at radius 3 is 2.41 bits per heavy atom. The number of nitriles is 1. The molecule has 0 bridgehead atoms. The maximum absolute atomic E-state index is 9.69. The van der Waals surface area contributed by atoms with Gasteiger partial charge in [0, 0.05) is 21.5 Å². The molecule has 29 heavy (non-hydrogen) atoms. The highest BCUT2D eigenvalue weighted by atomic mass is 35.5. The van der Waals surface area contributed by atoms with E-state index in [1.54, 1.807) is 18.2 Å². The summed E-state index contributed by atoms with van der Waals surface area (Å²) in [6, 6.07) is 23.3. The highest BCUT2D eigenvalue weighted by molar-refractivity contribution is 6.38. The maximum atomic E-state index is 9.69. The van der Waals surface area contributed by atoms with Gasteiger partial charge >= 0.3 is 0 Å². The lowest BCUT2D eigenvalue weighted by atomic mass is 9.99. The normalized spacial score (nSPS) is 10.7. The predicted octanol–water partition coefficient (Wildman–Crippen LogP) is 7.15. The van der Waals surface area contributed by atoms with E-state index in [0.717, 1.165) is 22.4 Å². The number of ether oxygens (including phenoxy) is 1. The van der Waals surface area contributed by atoms with Gasteiger partial charge in [0.05, 0.1) is 28.4 Å². The fourth-order valence-electron chi connectivity index (χ4n) is 3.30. The van der Waals surface area contributed by atoms with Gasteiger partial charge in [0.2, 0.25) is 0 Å². The Morgan fingerprint density at radius 2 is 1.69 bits per heavy atom. The molecule has 0 N–H and O–H groups in total. The minimum Gasteiger partial charge on any atom is -0.493 e. The summed E-state index contributed by atoms with van der Waals surface area (Å²) in [7, 11) is 0. The second-order valence-electron chi connectivity index (χ2n) is 6.43. The maximum Gasteiger partial charge on any atom is 0.127 e. The number of benzene rings is 3. The molecule has 0 aliphatic rings. The van der Waals surface area contributed by atoms with Gasteiger partial charge in [0.1, 0.15) is 11.8 Å². The van der Waals surface area contributed by atoms with Gasteiger partial charge in [-0.1, -0.05) is 65.7 Å². The summed E-state index contributed by atoms with van der Waals surface area (Å²) < 4.78 is 5.73. The van der Waals surface area contributed by atoms with Crippen molar-refractivity contribution in [2.24, 2.45) is 0 Å². The molecule has 0 spiro atoms. The molecule has 0 unspecified atom stereocenters. The van der Waals surface area contributed by atoms with Gasteiger partial charge < -0.3 is 4.74 Å². The van der Waals surface area contributed by atoms with E-state index in [4.69, 9.17) is 27.9 Å². The fraction of sp³-hybridized carbons (Fsp3) is 0.0833. The lowest BCUT2D eigenvalue weighted by Gasteiger charge is -2.12. The third-order valence-corrected chi connectivity index (χ3v) is 5.28. The zero-order chi connectivity index (χ0) is 20.4. The number of pyridine rings is 1. The van der Waals surface area contributed by atoms with Gasteiger partial charge in [-0.15, -0.1) is 0 Å². The Hall–Kier alpha value is -3.06. The second kappa shape index (κ2) is 8.13. The van der Waals surface area contributed by atoms with Crippen LogP contribution in [0.1, 0.15) is 12.5 Å². The van der Waals surface area contributed by atoms with Crippen LogP contribution in [0.15, 0.2) is 66.7 Å². The summed E-state index contributed by atoms with van der Waals surface area (Å²) in [5.74, 6) is 0.837. The number of hydrogen-bond donors (Lipinski definition) is 0. The van der Waals surface area contributed by atoms with Crippen molar-refractivity contribution >= 4 is 34.1 Å². The quantitative estimate of drug-likeness (QED) is 0.353. The first kappa shape index (κ1) is 19.3. The average Bonchev–Trinajstić information content (AvgIpc) is 2.75. The van der Waals surface area contributed by atoms with Crippen LogP contribution in [0.5, 0.6) is 5.75 Å². The van der Waals surface area contributed by atoms with E-state index in [1.807, 2.05) is 55.5 Å². The molecule has 0 radical (unpaired) electrons. The molecule has 0 saturated heterocycles. The fourth-order valence-corrected chi connectivity index (χ4v) is 3.76. The Kier molecular flexibility index (Phi) is 5.40. The van der Waals surface area contributed by atoms with Crippen molar-refractivity contribution in [1.82, 2.24) is 4.98 Å². The van der Waals surface area contributed by atoms with Crippen molar-refractivity contribution in [1.29, 1.82) is 5.26 Å². The molecule has 0 saturated carbocycles. The summed E-state index contributed by atoms with van der Waals surface area (Å²) in [6.07, 6.45) is 0. The second-order valence-corrected chi connectivity index (χ2v) is 7.24. The van der Waals surface area contributed by atoms with E-state index in [1.165, 1.54) is 0 Å². The molecule has 0 atom stereocenters. The van der Waals surface area contributed by atoms with Crippen molar-refractivity contribution in [3.8, 4) is 34.2 Å². The molecule has 5 heteroatoms. The lowest BCUT2D eigenvalue weighted by molar-refractivity contribution is 0.341. The van der Waals surface area contributed by atoms with Gasteiger partial charge in [0.25, 0.3) is 0 Å². The topological polar surface area (TPSA) is 45.9 Å².